The van der Waals surface area contributed by atoms with Crippen molar-refractivity contribution in [1.29, 1.82) is 0 Å². The number of hydrogen-bond donors (Lipinski definition) is 1. The van der Waals surface area contributed by atoms with Crippen LogP contribution in [-0.2, 0) is 15.1 Å². The summed E-state index contributed by atoms with van der Waals surface area (Å²) in [5.74, 6) is -0.780. The smallest absolute Gasteiger partial charge is 0.325 e. The molecule has 1 aromatic rings. The average molecular weight is 374 g/mol. The molecule has 2 heterocycles. The number of urea groups is 1. The molecule has 9 nitrogen and oxygen atoms in total. The topological polar surface area (TPSA) is 113 Å². The van der Waals surface area contributed by atoms with Crippen LogP contribution in [-0.4, -0.2) is 52.2 Å². The minimum absolute atomic E-state index is 0.104. The fraction of sp³-hybridized carbons (Fsp3) is 0.500. The van der Waals surface area contributed by atoms with Crippen LogP contribution >= 0.6 is 0 Å². The fourth-order valence-corrected chi connectivity index (χ4v) is 3.51. The highest BCUT2D eigenvalue weighted by molar-refractivity contribution is 6.09. The van der Waals surface area contributed by atoms with E-state index in [0.717, 1.165) is 30.6 Å². The van der Waals surface area contributed by atoms with Crippen LogP contribution in [0.4, 0.5) is 10.5 Å². The maximum Gasteiger partial charge on any atom is 0.325 e. The third-order valence-corrected chi connectivity index (χ3v) is 5.18. The molecule has 0 unspecified atom stereocenters. The van der Waals surface area contributed by atoms with Crippen molar-refractivity contribution < 1.29 is 19.3 Å². The molecule has 0 aromatic heterocycles. The van der Waals surface area contributed by atoms with Crippen molar-refractivity contribution in [2.75, 3.05) is 19.6 Å². The van der Waals surface area contributed by atoms with Gasteiger partial charge in [-0.05, 0) is 37.5 Å². The van der Waals surface area contributed by atoms with E-state index in [1.54, 1.807) is 4.90 Å². The summed E-state index contributed by atoms with van der Waals surface area (Å²) in [6.45, 7) is 2.52. The zero-order valence-electron chi connectivity index (χ0n) is 15.1. The number of nitro benzene ring substituents is 1. The summed E-state index contributed by atoms with van der Waals surface area (Å²) in [5.41, 5.74) is -1.03. The summed E-state index contributed by atoms with van der Waals surface area (Å²) in [7, 11) is 0. The predicted octanol–water partition coefficient (Wildman–Crippen LogP) is 1.76. The molecule has 27 heavy (non-hydrogen) atoms. The van der Waals surface area contributed by atoms with Crippen molar-refractivity contribution in [3.05, 3.63) is 39.9 Å². The van der Waals surface area contributed by atoms with Crippen molar-refractivity contribution in [3.63, 3.8) is 0 Å². The molecule has 2 fully saturated rings. The van der Waals surface area contributed by atoms with Crippen LogP contribution in [0.1, 0.15) is 38.2 Å². The number of carbonyl (C=O) groups excluding carboxylic acids is 3. The van der Waals surface area contributed by atoms with Gasteiger partial charge < -0.3 is 10.2 Å². The Kier molecular flexibility index (Phi) is 5.11. The second-order valence-electron chi connectivity index (χ2n) is 7.05. The quantitative estimate of drug-likeness (QED) is 0.490. The Labute approximate surface area is 156 Å². The van der Waals surface area contributed by atoms with Crippen LogP contribution < -0.4 is 5.32 Å². The summed E-state index contributed by atoms with van der Waals surface area (Å²) in [5, 5.41) is 13.4. The lowest BCUT2D eigenvalue weighted by Gasteiger charge is -2.24. The zero-order chi connectivity index (χ0) is 19.6. The highest BCUT2D eigenvalue weighted by atomic mass is 16.6. The van der Waals surface area contributed by atoms with Gasteiger partial charge in [0.25, 0.3) is 11.6 Å². The first-order valence-corrected chi connectivity index (χ1v) is 9.00. The molecule has 0 saturated carbocycles. The van der Waals surface area contributed by atoms with Crippen LogP contribution in [0.2, 0.25) is 0 Å². The number of nitro groups is 1. The maximum absolute atomic E-state index is 12.9. The number of non-ortho nitro benzene ring substituents is 1. The van der Waals surface area contributed by atoms with Gasteiger partial charge in [-0.1, -0.05) is 12.8 Å². The van der Waals surface area contributed by atoms with Crippen molar-refractivity contribution in [2.45, 2.75) is 38.1 Å². The second-order valence-corrected chi connectivity index (χ2v) is 7.05. The van der Waals surface area contributed by atoms with Gasteiger partial charge in [-0.25, -0.2) is 4.79 Å². The van der Waals surface area contributed by atoms with Gasteiger partial charge >= 0.3 is 6.03 Å². The number of carbonyl (C=O) groups is 3. The third kappa shape index (κ3) is 3.62. The number of likely N-dealkylation sites (tertiary alicyclic amines) is 1. The van der Waals surface area contributed by atoms with Crippen molar-refractivity contribution >= 4 is 23.5 Å². The maximum atomic E-state index is 12.9. The van der Waals surface area contributed by atoms with Gasteiger partial charge in [-0.3, -0.25) is 24.6 Å². The zero-order valence-corrected chi connectivity index (χ0v) is 15.1. The highest BCUT2D eigenvalue weighted by Gasteiger charge is 2.49. The van der Waals surface area contributed by atoms with Gasteiger partial charge in [0.05, 0.1) is 4.92 Å². The first-order chi connectivity index (χ1) is 12.8. The summed E-state index contributed by atoms with van der Waals surface area (Å²) in [4.78, 5) is 50.7. The van der Waals surface area contributed by atoms with E-state index in [0.29, 0.717) is 18.7 Å². The van der Waals surface area contributed by atoms with Crippen LogP contribution in [0.5, 0.6) is 0 Å². The third-order valence-electron chi connectivity index (χ3n) is 5.18. The van der Waals surface area contributed by atoms with Gasteiger partial charge in [0.1, 0.15) is 12.1 Å². The van der Waals surface area contributed by atoms with Crippen LogP contribution in [0.15, 0.2) is 24.3 Å². The van der Waals surface area contributed by atoms with Gasteiger partial charge in [0.15, 0.2) is 0 Å². The van der Waals surface area contributed by atoms with E-state index in [1.165, 1.54) is 31.2 Å². The Bertz CT molecular complexity index is 770. The van der Waals surface area contributed by atoms with Crippen molar-refractivity contribution in [1.82, 2.24) is 15.1 Å². The van der Waals surface area contributed by atoms with Crippen LogP contribution in [0.25, 0.3) is 0 Å². The summed E-state index contributed by atoms with van der Waals surface area (Å²) < 4.78 is 0. The monoisotopic (exact) mass is 374 g/mol. The minimum atomic E-state index is -1.36. The summed E-state index contributed by atoms with van der Waals surface area (Å²) >= 11 is 0. The molecule has 0 aliphatic carbocycles. The number of rotatable bonds is 4. The molecule has 2 aliphatic heterocycles. The lowest BCUT2D eigenvalue weighted by atomic mass is 9.92. The molecule has 0 bridgehead atoms. The molecule has 1 atom stereocenters. The van der Waals surface area contributed by atoms with Gasteiger partial charge in [0.2, 0.25) is 5.91 Å². The number of hydrogen-bond acceptors (Lipinski definition) is 5. The highest BCUT2D eigenvalue weighted by Crippen LogP contribution is 2.30. The Hall–Kier alpha value is -2.97. The van der Waals surface area contributed by atoms with E-state index < -0.39 is 22.4 Å². The van der Waals surface area contributed by atoms with Crippen molar-refractivity contribution in [3.8, 4) is 0 Å². The second kappa shape index (κ2) is 7.34. The van der Waals surface area contributed by atoms with E-state index in [1.807, 2.05) is 0 Å². The molecule has 9 heteroatoms. The van der Waals surface area contributed by atoms with Gasteiger partial charge in [-0.2, -0.15) is 0 Å². The molecular weight excluding hydrogens is 352 g/mol. The van der Waals surface area contributed by atoms with Gasteiger partial charge in [-0.15, -0.1) is 0 Å². The van der Waals surface area contributed by atoms with Crippen molar-refractivity contribution in [2.24, 2.45) is 0 Å². The Balaban J connectivity index is 1.75. The number of nitrogens with one attached hydrogen (secondary N) is 1. The van der Waals surface area contributed by atoms with E-state index in [9.17, 15) is 24.5 Å². The molecular formula is C18H22N4O5. The van der Waals surface area contributed by atoms with Crippen LogP contribution in [0, 0.1) is 10.1 Å². The van der Waals surface area contributed by atoms with Gasteiger partial charge in [0, 0.05) is 25.2 Å². The number of nitrogens with zero attached hydrogens (tertiary/aromatic N) is 3. The lowest BCUT2D eigenvalue weighted by molar-refractivity contribution is -0.384. The van der Waals surface area contributed by atoms with E-state index in [4.69, 9.17) is 0 Å². The fourth-order valence-electron chi connectivity index (χ4n) is 3.51. The minimum Gasteiger partial charge on any atom is -0.341 e. The first-order valence-electron chi connectivity index (χ1n) is 9.00. The molecule has 0 radical (unpaired) electrons. The molecule has 144 valence electrons. The standard InChI is InChI=1S/C18H22N4O5/c1-18(13-6-8-14(9-7-13)22(26)27)16(24)21(17(25)19-18)12-15(23)20-10-4-2-3-5-11-20/h6-9H,2-5,10-12H2,1H3,(H,19,25)/t18-/m0/s1. The summed E-state index contributed by atoms with van der Waals surface area (Å²) in [6, 6.07) is 4.81. The predicted molar refractivity (Wildman–Crippen MR) is 95.7 cm³/mol. The average Bonchev–Trinajstić information content (AvgIpc) is 2.85. The number of amides is 4. The number of benzene rings is 1. The van der Waals surface area contributed by atoms with E-state index in [2.05, 4.69) is 5.32 Å². The van der Waals surface area contributed by atoms with E-state index >= 15 is 0 Å². The molecule has 4 amide bonds. The Morgan fingerprint density at radius 2 is 1.74 bits per heavy atom. The number of imide groups is 1. The van der Waals surface area contributed by atoms with Crippen LogP contribution in [0.3, 0.4) is 0 Å². The molecule has 1 aromatic carbocycles. The molecule has 1 N–H and O–H groups in total. The lowest BCUT2D eigenvalue weighted by Crippen LogP contribution is -2.44. The molecule has 0 spiro atoms. The largest absolute Gasteiger partial charge is 0.341 e. The SMILES string of the molecule is C[C@@]1(c2ccc([N+](=O)[O-])cc2)NC(=O)N(CC(=O)N2CCCCCC2)C1=O. The normalized spacial score (nSPS) is 23.1. The first kappa shape index (κ1) is 18.8. The Morgan fingerprint density at radius 3 is 2.30 bits per heavy atom. The molecule has 3 rings (SSSR count). The molecule has 2 saturated heterocycles. The van der Waals surface area contributed by atoms with E-state index in [-0.39, 0.29) is 18.1 Å². The summed E-state index contributed by atoms with van der Waals surface area (Å²) in [6.07, 6.45) is 4.00. The Morgan fingerprint density at radius 1 is 1.15 bits per heavy atom. The molecule has 2 aliphatic rings.